The molecule has 1 heterocycles. The van der Waals surface area contributed by atoms with Gasteiger partial charge in [0.15, 0.2) is 0 Å². The third kappa shape index (κ3) is 4.63. The standard InChI is InChI=1S/C15H29N3O2/c1-15(2,3)20-14(19)18(13-4-5-13)11-12-6-8-17(10-12)9-7-16/h12-13H,4-11,16H2,1-3H3/t12-/m0/s1. The van der Waals surface area contributed by atoms with Crippen LogP contribution in [0.3, 0.4) is 0 Å². The summed E-state index contributed by atoms with van der Waals surface area (Å²) in [5.41, 5.74) is 5.19. The minimum absolute atomic E-state index is 0.141. The lowest BCUT2D eigenvalue weighted by Gasteiger charge is -2.29. The molecular weight excluding hydrogens is 254 g/mol. The smallest absolute Gasteiger partial charge is 0.410 e. The van der Waals surface area contributed by atoms with Gasteiger partial charge in [0.2, 0.25) is 0 Å². The molecule has 20 heavy (non-hydrogen) atoms. The van der Waals surface area contributed by atoms with Crippen molar-refractivity contribution < 1.29 is 9.53 Å². The quantitative estimate of drug-likeness (QED) is 0.834. The number of carbonyl (C=O) groups excluding carboxylic acids is 1. The molecule has 0 aromatic rings. The Bertz CT molecular complexity index is 337. The molecule has 1 saturated heterocycles. The van der Waals surface area contributed by atoms with Crippen molar-refractivity contribution in [1.82, 2.24) is 9.80 Å². The summed E-state index contributed by atoms with van der Waals surface area (Å²) in [7, 11) is 0. The molecule has 1 atom stereocenters. The van der Waals surface area contributed by atoms with Crippen molar-refractivity contribution in [2.75, 3.05) is 32.7 Å². The lowest BCUT2D eigenvalue weighted by atomic mass is 10.1. The highest BCUT2D eigenvalue weighted by Gasteiger charge is 2.37. The van der Waals surface area contributed by atoms with Gasteiger partial charge in [-0.15, -0.1) is 0 Å². The predicted octanol–water partition coefficient (Wildman–Crippen LogP) is 1.67. The number of ether oxygens (including phenoxy) is 1. The van der Waals surface area contributed by atoms with Gasteiger partial charge < -0.3 is 20.3 Å². The van der Waals surface area contributed by atoms with Crippen molar-refractivity contribution >= 4 is 6.09 Å². The van der Waals surface area contributed by atoms with Crippen LogP contribution in [-0.4, -0.2) is 60.3 Å². The maximum Gasteiger partial charge on any atom is 0.410 e. The third-order valence-electron chi connectivity index (χ3n) is 3.89. The van der Waals surface area contributed by atoms with Gasteiger partial charge in [-0.1, -0.05) is 0 Å². The van der Waals surface area contributed by atoms with Crippen LogP contribution in [0, 0.1) is 5.92 Å². The van der Waals surface area contributed by atoms with Crippen LogP contribution in [0.4, 0.5) is 4.79 Å². The van der Waals surface area contributed by atoms with E-state index < -0.39 is 5.60 Å². The maximum atomic E-state index is 12.3. The number of amides is 1. The van der Waals surface area contributed by atoms with Crippen LogP contribution >= 0.6 is 0 Å². The average molecular weight is 283 g/mol. The molecule has 1 aliphatic heterocycles. The van der Waals surface area contributed by atoms with E-state index in [9.17, 15) is 4.79 Å². The van der Waals surface area contributed by atoms with E-state index >= 15 is 0 Å². The molecular formula is C15H29N3O2. The Morgan fingerprint density at radius 3 is 2.60 bits per heavy atom. The summed E-state index contributed by atoms with van der Waals surface area (Å²) >= 11 is 0. The SMILES string of the molecule is CC(C)(C)OC(=O)N(C[C@H]1CCN(CCN)C1)C1CC1. The number of hydrogen-bond donors (Lipinski definition) is 1. The van der Waals surface area contributed by atoms with E-state index in [1.165, 1.54) is 0 Å². The first kappa shape index (κ1) is 15.6. The number of rotatable bonds is 5. The largest absolute Gasteiger partial charge is 0.444 e. The van der Waals surface area contributed by atoms with Crippen molar-refractivity contribution in [2.45, 2.75) is 51.7 Å². The first-order valence-electron chi connectivity index (χ1n) is 7.81. The Kier molecular flexibility index (Phi) is 4.91. The summed E-state index contributed by atoms with van der Waals surface area (Å²) in [5.74, 6) is 0.565. The zero-order chi connectivity index (χ0) is 14.8. The van der Waals surface area contributed by atoms with Crippen LogP contribution in [0.15, 0.2) is 0 Å². The molecule has 2 N–H and O–H groups in total. The predicted molar refractivity (Wildman–Crippen MR) is 79.6 cm³/mol. The fourth-order valence-corrected chi connectivity index (χ4v) is 2.81. The second kappa shape index (κ2) is 6.31. The van der Waals surface area contributed by atoms with Gasteiger partial charge in [-0.2, -0.15) is 0 Å². The minimum atomic E-state index is -0.411. The lowest BCUT2D eigenvalue weighted by molar-refractivity contribution is 0.0205. The maximum absolute atomic E-state index is 12.3. The van der Waals surface area contributed by atoms with Gasteiger partial charge >= 0.3 is 6.09 Å². The van der Waals surface area contributed by atoms with Gasteiger partial charge in [-0.05, 0) is 52.5 Å². The number of hydrogen-bond acceptors (Lipinski definition) is 4. The van der Waals surface area contributed by atoms with Crippen LogP contribution < -0.4 is 5.73 Å². The zero-order valence-corrected chi connectivity index (χ0v) is 13.1. The van der Waals surface area contributed by atoms with E-state index in [2.05, 4.69) is 4.90 Å². The van der Waals surface area contributed by atoms with Gasteiger partial charge in [0.1, 0.15) is 5.60 Å². The van der Waals surface area contributed by atoms with E-state index in [0.717, 1.165) is 45.4 Å². The van der Waals surface area contributed by atoms with Gasteiger partial charge in [0, 0.05) is 32.2 Å². The van der Waals surface area contributed by atoms with Crippen LogP contribution in [0.5, 0.6) is 0 Å². The summed E-state index contributed by atoms with van der Waals surface area (Å²) in [6.45, 7) is 10.5. The first-order chi connectivity index (χ1) is 9.39. The average Bonchev–Trinajstić information content (AvgIpc) is 3.06. The van der Waals surface area contributed by atoms with Crippen LogP contribution in [0.1, 0.15) is 40.0 Å². The fraction of sp³-hybridized carbons (Fsp3) is 0.933. The number of carbonyl (C=O) groups is 1. The summed E-state index contributed by atoms with van der Waals surface area (Å²) < 4.78 is 5.54. The summed E-state index contributed by atoms with van der Waals surface area (Å²) in [6.07, 6.45) is 3.26. The Labute approximate surface area is 122 Å². The van der Waals surface area contributed by atoms with Crippen LogP contribution in [0.2, 0.25) is 0 Å². The zero-order valence-electron chi connectivity index (χ0n) is 13.1. The number of likely N-dealkylation sites (tertiary alicyclic amines) is 1. The van der Waals surface area contributed by atoms with Crippen molar-refractivity contribution in [3.63, 3.8) is 0 Å². The van der Waals surface area contributed by atoms with E-state index in [4.69, 9.17) is 10.5 Å². The van der Waals surface area contributed by atoms with Gasteiger partial charge in [0.25, 0.3) is 0 Å². The molecule has 0 aromatic carbocycles. The third-order valence-corrected chi connectivity index (χ3v) is 3.89. The molecule has 0 aromatic heterocycles. The van der Waals surface area contributed by atoms with Crippen molar-refractivity contribution in [3.05, 3.63) is 0 Å². The molecule has 5 heteroatoms. The lowest BCUT2D eigenvalue weighted by Crippen LogP contribution is -2.41. The molecule has 2 fully saturated rings. The molecule has 5 nitrogen and oxygen atoms in total. The number of nitrogens with zero attached hydrogens (tertiary/aromatic N) is 2. The van der Waals surface area contributed by atoms with E-state index in [-0.39, 0.29) is 6.09 Å². The highest BCUT2D eigenvalue weighted by molar-refractivity contribution is 5.69. The molecule has 116 valence electrons. The second-order valence-electron chi connectivity index (χ2n) is 7.11. The van der Waals surface area contributed by atoms with Crippen molar-refractivity contribution in [1.29, 1.82) is 0 Å². The molecule has 1 saturated carbocycles. The van der Waals surface area contributed by atoms with Crippen molar-refractivity contribution in [3.8, 4) is 0 Å². The van der Waals surface area contributed by atoms with E-state index in [0.29, 0.717) is 18.5 Å². The topological polar surface area (TPSA) is 58.8 Å². The Hall–Kier alpha value is -0.810. The minimum Gasteiger partial charge on any atom is -0.444 e. The highest BCUT2D eigenvalue weighted by atomic mass is 16.6. The molecule has 0 unspecified atom stereocenters. The normalized spacial score (nSPS) is 23.9. The van der Waals surface area contributed by atoms with Crippen molar-refractivity contribution in [2.24, 2.45) is 11.7 Å². The monoisotopic (exact) mass is 283 g/mol. The van der Waals surface area contributed by atoms with E-state index in [1.54, 1.807) is 0 Å². The molecule has 1 amide bonds. The van der Waals surface area contributed by atoms with Gasteiger partial charge in [0.05, 0.1) is 0 Å². The first-order valence-corrected chi connectivity index (χ1v) is 7.81. The Morgan fingerprint density at radius 2 is 2.05 bits per heavy atom. The van der Waals surface area contributed by atoms with Crippen LogP contribution in [0.25, 0.3) is 0 Å². The van der Waals surface area contributed by atoms with Gasteiger partial charge in [-0.3, -0.25) is 0 Å². The summed E-state index contributed by atoms with van der Waals surface area (Å²) in [5, 5.41) is 0. The molecule has 0 bridgehead atoms. The Balaban J connectivity index is 1.85. The summed E-state index contributed by atoms with van der Waals surface area (Å²) in [4.78, 5) is 16.7. The molecule has 0 radical (unpaired) electrons. The van der Waals surface area contributed by atoms with Crippen LogP contribution in [-0.2, 0) is 4.74 Å². The summed E-state index contributed by atoms with van der Waals surface area (Å²) in [6, 6.07) is 0.411. The van der Waals surface area contributed by atoms with Gasteiger partial charge in [-0.25, -0.2) is 4.79 Å². The molecule has 0 spiro atoms. The number of nitrogens with two attached hydrogens (primary N) is 1. The molecule has 1 aliphatic carbocycles. The molecule has 2 rings (SSSR count). The fourth-order valence-electron chi connectivity index (χ4n) is 2.81. The molecule has 2 aliphatic rings. The Morgan fingerprint density at radius 1 is 1.35 bits per heavy atom. The second-order valence-corrected chi connectivity index (χ2v) is 7.11. The highest BCUT2D eigenvalue weighted by Crippen LogP contribution is 2.30. The van der Waals surface area contributed by atoms with E-state index in [1.807, 2.05) is 25.7 Å².